The Balaban J connectivity index is 2.12. The summed E-state index contributed by atoms with van der Waals surface area (Å²) in [6, 6.07) is 3.16. The van der Waals surface area contributed by atoms with E-state index < -0.39 is 0 Å². The van der Waals surface area contributed by atoms with Crippen molar-refractivity contribution in [2.24, 2.45) is 5.92 Å². The van der Waals surface area contributed by atoms with Crippen molar-refractivity contribution in [1.29, 1.82) is 0 Å². The van der Waals surface area contributed by atoms with Crippen LogP contribution < -0.4 is 10.2 Å². The first-order valence-corrected chi connectivity index (χ1v) is 8.05. The minimum Gasteiger partial charge on any atom is -0.355 e. The van der Waals surface area contributed by atoms with Crippen LogP contribution in [0.4, 0.5) is 5.82 Å². The molecule has 0 aromatic carbocycles. The third kappa shape index (κ3) is 4.09. The van der Waals surface area contributed by atoms with Gasteiger partial charge in [0.05, 0.1) is 5.02 Å². The lowest BCUT2D eigenvalue weighted by Gasteiger charge is -2.23. The standard InChI is InChI=1S/C16H27ClN4/c1-11(2)18-7-13-6-16(19-8-14(13)17)21-9-12(3)15(10-21)20(4)5/h6,8,11-12,15,18H,7,9-10H2,1-5H3. The second-order valence-corrected chi connectivity index (χ2v) is 6.99. The molecule has 1 fully saturated rings. The van der Waals surface area contributed by atoms with Crippen LogP contribution in [-0.2, 0) is 6.54 Å². The van der Waals surface area contributed by atoms with E-state index in [0.29, 0.717) is 18.0 Å². The topological polar surface area (TPSA) is 31.4 Å². The van der Waals surface area contributed by atoms with E-state index in [-0.39, 0.29) is 0 Å². The third-order valence-electron chi connectivity index (χ3n) is 4.18. The summed E-state index contributed by atoms with van der Waals surface area (Å²) in [4.78, 5) is 9.20. The molecule has 1 aromatic rings. The first-order chi connectivity index (χ1) is 9.88. The van der Waals surface area contributed by atoms with Crippen LogP contribution in [0.15, 0.2) is 12.3 Å². The van der Waals surface area contributed by atoms with E-state index in [1.165, 1.54) is 0 Å². The van der Waals surface area contributed by atoms with Crippen LogP contribution in [0.2, 0.25) is 5.02 Å². The van der Waals surface area contributed by atoms with Crippen molar-refractivity contribution in [3.8, 4) is 0 Å². The summed E-state index contributed by atoms with van der Waals surface area (Å²) in [5.41, 5.74) is 1.12. The van der Waals surface area contributed by atoms with E-state index in [1.54, 1.807) is 6.20 Å². The van der Waals surface area contributed by atoms with Crippen LogP contribution in [0.1, 0.15) is 26.3 Å². The molecule has 21 heavy (non-hydrogen) atoms. The van der Waals surface area contributed by atoms with Crippen LogP contribution in [0.25, 0.3) is 0 Å². The normalized spacial score (nSPS) is 22.6. The zero-order valence-corrected chi connectivity index (χ0v) is 14.5. The maximum Gasteiger partial charge on any atom is 0.128 e. The lowest BCUT2D eigenvalue weighted by molar-refractivity contribution is 0.266. The Kier molecular flexibility index (Phi) is 5.47. The summed E-state index contributed by atoms with van der Waals surface area (Å²) in [7, 11) is 4.30. The third-order valence-corrected chi connectivity index (χ3v) is 4.52. The van der Waals surface area contributed by atoms with Crippen molar-refractivity contribution in [2.75, 3.05) is 32.1 Å². The van der Waals surface area contributed by atoms with E-state index in [0.717, 1.165) is 36.0 Å². The summed E-state index contributed by atoms with van der Waals surface area (Å²) in [6.45, 7) is 9.45. The molecule has 1 aromatic heterocycles. The highest BCUT2D eigenvalue weighted by Gasteiger charge is 2.31. The lowest BCUT2D eigenvalue weighted by Crippen LogP contribution is -2.34. The van der Waals surface area contributed by atoms with Crippen LogP contribution in [0.5, 0.6) is 0 Å². The number of pyridine rings is 1. The minimum absolute atomic E-state index is 0.447. The smallest absolute Gasteiger partial charge is 0.128 e. The molecule has 1 saturated heterocycles. The molecular formula is C16H27ClN4. The van der Waals surface area contributed by atoms with Gasteiger partial charge in [0.2, 0.25) is 0 Å². The Morgan fingerprint density at radius 1 is 1.43 bits per heavy atom. The highest BCUT2D eigenvalue weighted by atomic mass is 35.5. The largest absolute Gasteiger partial charge is 0.355 e. The summed E-state index contributed by atoms with van der Waals surface area (Å²) in [5.74, 6) is 1.69. The maximum atomic E-state index is 6.26. The van der Waals surface area contributed by atoms with Crippen LogP contribution >= 0.6 is 11.6 Å². The fourth-order valence-corrected chi connectivity index (χ4v) is 3.07. The molecule has 2 unspecified atom stereocenters. The second kappa shape index (κ2) is 6.95. The number of aromatic nitrogens is 1. The Labute approximate surface area is 133 Å². The Morgan fingerprint density at radius 2 is 2.14 bits per heavy atom. The van der Waals surface area contributed by atoms with E-state index >= 15 is 0 Å². The van der Waals surface area contributed by atoms with Crippen LogP contribution in [0, 0.1) is 5.92 Å². The van der Waals surface area contributed by atoms with Gasteiger partial charge in [0.15, 0.2) is 0 Å². The molecule has 1 aliphatic rings. The maximum absolute atomic E-state index is 6.26. The van der Waals surface area contributed by atoms with Gasteiger partial charge in [-0.25, -0.2) is 4.98 Å². The molecule has 0 bridgehead atoms. The molecule has 0 aliphatic carbocycles. The first kappa shape index (κ1) is 16.5. The predicted molar refractivity (Wildman–Crippen MR) is 90.1 cm³/mol. The van der Waals surface area contributed by atoms with Gasteiger partial charge in [-0.1, -0.05) is 32.4 Å². The van der Waals surface area contributed by atoms with Crippen molar-refractivity contribution in [3.63, 3.8) is 0 Å². The molecule has 0 radical (unpaired) electrons. The Bertz CT molecular complexity index is 475. The van der Waals surface area contributed by atoms with Crippen LogP contribution in [0.3, 0.4) is 0 Å². The second-order valence-electron chi connectivity index (χ2n) is 6.58. The molecule has 1 N–H and O–H groups in total. The fraction of sp³-hybridized carbons (Fsp3) is 0.688. The average molecular weight is 311 g/mol. The predicted octanol–water partition coefficient (Wildman–Crippen LogP) is 2.62. The molecule has 118 valence electrons. The molecule has 2 heterocycles. The molecule has 0 amide bonds. The number of hydrogen-bond donors (Lipinski definition) is 1. The SMILES string of the molecule is CC(C)NCc1cc(N2CC(C)C(N(C)C)C2)ncc1Cl. The highest BCUT2D eigenvalue weighted by molar-refractivity contribution is 6.31. The zero-order valence-electron chi connectivity index (χ0n) is 13.7. The number of likely N-dealkylation sites (N-methyl/N-ethyl adjacent to an activating group) is 1. The van der Waals surface area contributed by atoms with E-state index in [2.05, 4.69) is 61.0 Å². The molecule has 2 rings (SSSR count). The number of hydrogen-bond acceptors (Lipinski definition) is 4. The van der Waals surface area contributed by atoms with Gasteiger partial charge in [0.1, 0.15) is 5.82 Å². The van der Waals surface area contributed by atoms with Crippen molar-refractivity contribution in [2.45, 2.75) is 39.4 Å². The summed E-state index contributed by atoms with van der Waals surface area (Å²) < 4.78 is 0. The summed E-state index contributed by atoms with van der Waals surface area (Å²) >= 11 is 6.26. The summed E-state index contributed by atoms with van der Waals surface area (Å²) in [5, 5.41) is 4.16. The quantitative estimate of drug-likeness (QED) is 0.906. The number of rotatable bonds is 5. The molecular weight excluding hydrogens is 284 g/mol. The van der Waals surface area contributed by atoms with E-state index in [1.807, 2.05) is 0 Å². The molecule has 0 spiro atoms. The highest BCUT2D eigenvalue weighted by Crippen LogP contribution is 2.27. The number of nitrogens with zero attached hydrogens (tertiary/aromatic N) is 3. The van der Waals surface area contributed by atoms with E-state index in [9.17, 15) is 0 Å². The summed E-state index contributed by atoms with van der Waals surface area (Å²) in [6.07, 6.45) is 1.78. The fourth-order valence-electron chi connectivity index (χ4n) is 2.90. The number of nitrogens with one attached hydrogen (secondary N) is 1. The molecule has 5 heteroatoms. The van der Waals surface area contributed by atoms with Gasteiger partial charge in [-0.15, -0.1) is 0 Å². The Hall–Kier alpha value is -0.840. The lowest BCUT2D eigenvalue weighted by atomic mass is 10.1. The van der Waals surface area contributed by atoms with Gasteiger partial charge in [0.25, 0.3) is 0 Å². The van der Waals surface area contributed by atoms with Gasteiger partial charge < -0.3 is 15.1 Å². The Morgan fingerprint density at radius 3 is 2.71 bits per heavy atom. The monoisotopic (exact) mass is 310 g/mol. The van der Waals surface area contributed by atoms with Crippen molar-refractivity contribution >= 4 is 17.4 Å². The van der Waals surface area contributed by atoms with Crippen LogP contribution in [-0.4, -0.2) is 49.2 Å². The zero-order chi connectivity index (χ0) is 15.6. The molecule has 4 nitrogen and oxygen atoms in total. The van der Waals surface area contributed by atoms with Gasteiger partial charge in [-0.05, 0) is 31.6 Å². The van der Waals surface area contributed by atoms with Gasteiger partial charge in [0, 0.05) is 37.9 Å². The molecule has 0 saturated carbocycles. The number of halogens is 1. The minimum atomic E-state index is 0.447. The van der Waals surface area contributed by atoms with Gasteiger partial charge >= 0.3 is 0 Å². The van der Waals surface area contributed by atoms with Crippen molar-refractivity contribution < 1.29 is 0 Å². The van der Waals surface area contributed by atoms with Gasteiger partial charge in [-0.3, -0.25) is 0 Å². The molecule has 1 aliphatic heterocycles. The first-order valence-electron chi connectivity index (χ1n) is 7.67. The van der Waals surface area contributed by atoms with Gasteiger partial charge in [-0.2, -0.15) is 0 Å². The van der Waals surface area contributed by atoms with E-state index in [4.69, 9.17) is 11.6 Å². The number of anilines is 1. The molecule has 2 atom stereocenters. The van der Waals surface area contributed by atoms with Crippen molar-refractivity contribution in [1.82, 2.24) is 15.2 Å². The average Bonchev–Trinajstić information content (AvgIpc) is 2.80. The van der Waals surface area contributed by atoms with Crippen molar-refractivity contribution in [3.05, 3.63) is 22.8 Å².